The first-order valence-corrected chi connectivity index (χ1v) is 17.6. The molecule has 0 saturated heterocycles. The van der Waals surface area contributed by atoms with Gasteiger partial charge >= 0.3 is 274 Å². The molecule has 5 nitrogen and oxygen atoms in total. The second-order valence-electron chi connectivity index (χ2n) is 12.8. The first-order chi connectivity index (χ1) is 21.8. The Morgan fingerprint density at radius 3 is 1.82 bits per heavy atom. The van der Waals surface area contributed by atoms with Crippen LogP contribution in [0.1, 0.15) is 38.8 Å². The maximum absolute atomic E-state index is 6.48. The van der Waals surface area contributed by atoms with Crippen LogP contribution in [0.3, 0.4) is 0 Å². The Morgan fingerprint density at radius 2 is 1.13 bits per heavy atom. The Hall–Kier alpha value is -4.47. The summed E-state index contributed by atoms with van der Waals surface area (Å²) in [7, 11) is 0. The molecule has 4 aliphatic rings. The van der Waals surface area contributed by atoms with Crippen LogP contribution in [0.2, 0.25) is 0 Å². The summed E-state index contributed by atoms with van der Waals surface area (Å²) < 4.78 is 9.25. The van der Waals surface area contributed by atoms with Crippen molar-refractivity contribution in [3.63, 3.8) is 0 Å². The van der Waals surface area contributed by atoms with Gasteiger partial charge in [-0.25, -0.2) is 0 Å². The van der Waals surface area contributed by atoms with Crippen molar-refractivity contribution in [2.45, 2.75) is 38.8 Å². The average Bonchev–Trinajstić information content (AvgIpc) is 3.57. The first-order valence-electron chi connectivity index (χ1n) is 15.3. The fourth-order valence-corrected chi connectivity index (χ4v) is 11.3. The predicted molar refractivity (Wildman–Crippen MR) is 180 cm³/mol. The van der Waals surface area contributed by atoms with Gasteiger partial charge in [-0.2, -0.15) is 0 Å². The normalized spacial score (nSPS) is 18.5. The van der Waals surface area contributed by atoms with E-state index in [0.717, 1.165) is 17.8 Å². The van der Waals surface area contributed by atoms with Crippen LogP contribution < -0.4 is 24.3 Å². The summed E-state index contributed by atoms with van der Waals surface area (Å²) in [6, 6.07) is 46.3. The van der Waals surface area contributed by atoms with Crippen molar-refractivity contribution >= 4 is 31.0 Å². The summed E-state index contributed by atoms with van der Waals surface area (Å²) in [5.74, 6) is 1.40. The molecule has 0 radical (unpaired) electrons. The van der Waals surface area contributed by atoms with Gasteiger partial charge in [0.1, 0.15) is 0 Å². The molecule has 0 unspecified atom stereocenters. The molecule has 0 saturated carbocycles. The minimum atomic E-state index is -0.678. The number of rotatable bonds is 1. The molecule has 4 aliphatic heterocycles. The molecule has 45 heavy (non-hydrogen) atoms. The zero-order valence-corrected chi connectivity index (χ0v) is 27.9. The molecule has 0 fully saturated rings. The van der Waals surface area contributed by atoms with E-state index >= 15 is 0 Å². The number of nitrogens with zero attached hydrogens (tertiary/aromatic N) is 4. The van der Waals surface area contributed by atoms with Crippen LogP contribution in [0.15, 0.2) is 109 Å². The predicted octanol–water partition coefficient (Wildman–Crippen LogP) is 8.11. The van der Waals surface area contributed by atoms with Gasteiger partial charge in [0.15, 0.2) is 0 Å². The second-order valence-corrected chi connectivity index (χ2v) is 15.4. The van der Waals surface area contributed by atoms with Crippen LogP contribution in [0.5, 0.6) is 11.5 Å². The Morgan fingerprint density at radius 1 is 0.578 bits per heavy atom. The van der Waals surface area contributed by atoms with Crippen molar-refractivity contribution in [1.29, 1.82) is 0 Å². The summed E-state index contributed by atoms with van der Waals surface area (Å²) in [5.41, 5.74) is 8.89. The maximum atomic E-state index is 6.48. The summed E-state index contributed by atoms with van der Waals surface area (Å²) in [4.78, 5) is 10.4. The summed E-state index contributed by atoms with van der Waals surface area (Å²) >= 11 is -0.678. The molecule has 0 spiro atoms. The molecule has 6 heteroatoms. The Labute approximate surface area is 272 Å². The molecule has 4 heterocycles. The third kappa shape index (κ3) is 3.83. The number of para-hydroxylation sites is 3. The van der Waals surface area contributed by atoms with Gasteiger partial charge in [0.05, 0.1) is 0 Å². The molecule has 5 aromatic rings. The van der Waals surface area contributed by atoms with E-state index in [-0.39, 0.29) is 5.54 Å². The second kappa shape index (κ2) is 9.52. The van der Waals surface area contributed by atoms with Gasteiger partial charge in [0.2, 0.25) is 0 Å². The minimum absolute atomic E-state index is 0.376. The first kappa shape index (κ1) is 26.9. The summed E-state index contributed by atoms with van der Waals surface area (Å²) in [6.45, 7) is 10.0. The van der Waals surface area contributed by atoms with Crippen LogP contribution >= 0.6 is 0 Å². The van der Waals surface area contributed by atoms with E-state index in [1.807, 2.05) is 12.1 Å². The molecule has 6 bridgehead atoms. The topological polar surface area (TPSA) is 22.2 Å². The quantitative estimate of drug-likeness (QED) is 0.161. The molecule has 0 aromatic heterocycles. The van der Waals surface area contributed by atoms with E-state index in [1.165, 1.54) is 42.2 Å². The van der Waals surface area contributed by atoms with Gasteiger partial charge < -0.3 is 0 Å². The van der Waals surface area contributed by atoms with Crippen LogP contribution in [0, 0.1) is 12.1 Å². The molecular formula is C39H32N4OPt-2. The molecular weight excluding hydrogens is 736 g/mol. The van der Waals surface area contributed by atoms with Crippen molar-refractivity contribution < 1.29 is 22.4 Å². The third-order valence-electron chi connectivity index (χ3n) is 9.39. The fourth-order valence-electron chi connectivity index (χ4n) is 7.06. The van der Waals surface area contributed by atoms with Crippen LogP contribution in [-0.2, 0) is 28.7 Å². The van der Waals surface area contributed by atoms with Crippen LogP contribution in [0.25, 0.3) is 11.1 Å². The van der Waals surface area contributed by atoms with E-state index < -0.39 is 23.2 Å². The van der Waals surface area contributed by atoms with Gasteiger partial charge in [-0.05, 0) is 0 Å². The van der Waals surface area contributed by atoms with E-state index in [9.17, 15) is 0 Å². The molecule has 9 rings (SSSR count). The number of hydrogen-bond acceptors (Lipinski definition) is 5. The number of hydrogen-bond donors (Lipinski definition) is 0. The van der Waals surface area contributed by atoms with E-state index in [0.29, 0.717) is 11.5 Å². The van der Waals surface area contributed by atoms with Gasteiger partial charge in [-0.3, -0.25) is 0 Å². The van der Waals surface area contributed by atoms with E-state index in [4.69, 9.17) is 4.74 Å². The van der Waals surface area contributed by atoms with Crippen molar-refractivity contribution in [2.24, 2.45) is 0 Å². The van der Waals surface area contributed by atoms with Crippen molar-refractivity contribution in [2.75, 3.05) is 26.3 Å². The molecule has 0 atom stereocenters. The Bertz CT molecular complexity index is 2100. The average molecular weight is 768 g/mol. The zero-order chi connectivity index (χ0) is 30.5. The van der Waals surface area contributed by atoms with Crippen molar-refractivity contribution in [1.82, 2.24) is 0 Å². The molecule has 0 amide bonds. The molecule has 5 aromatic carbocycles. The van der Waals surface area contributed by atoms with Gasteiger partial charge in [-0.1, -0.05) is 0 Å². The number of anilines is 4. The zero-order valence-electron chi connectivity index (χ0n) is 25.6. The van der Waals surface area contributed by atoms with E-state index in [1.54, 1.807) is 0 Å². The summed E-state index contributed by atoms with van der Waals surface area (Å²) in [6.07, 6.45) is 0. The summed E-state index contributed by atoms with van der Waals surface area (Å²) in [5, 5.41) is 0. The molecule has 0 aliphatic carbocycles. The van der Waals surface area contributed by atoms with Crippen LogP contribution in [0.4, 0.5) is 22.7 Å². The third-order valence-corrected chi connectivity index (χ3v) is 12.7. The fraction of sp³-hybridized carbons (Fsp3) is 0.179. The van der Waals surface area contributed by atoms with Crippen molar-refractivity contribution in [3.8, 4) is 22.6 Å². The monoisotopic (exact) mass is 767 g/mol. The van der Waals surface area contributed by atoms with E-state index in [2.05, 4.69) is 156 Å². The standard InChI is InChI=1S/C39H32N4O.Pt/c1-38(2)29-15-10-17-31(23-29)44-32-18-11-16-30(24-32)39(3,4)43-27-41(25-40-26-42(38)35-21-9-8-20-34(35)40)37-33(19-12-22-36(37)43)28-13-6-5-7-14-28;/h5-22H,25H2,1-4H3;/q-2;. The Balaban J connectivity index is 1.39. The number of fused-ring (bicyclic) bond motifs is 10. The Kier molecular flexibility index (Phi) is 5.69. The van der Waals surface area contributed by atoms with Gasteiger partial charge in [-0.15, -0.1) is 0 Å². The van der Waals surface area contributed by atoms with Crippen molar-refractivity contribution in [3.05, 3.63) is 132 Å². The number of ether oxygens (including phenoxy) is 1. The molecule has 0 N–H and O–H groups in total. The molecule has 226 valence electrons. The van der Waals surface area contributed by atoms with Gasteiger partial charge in [0.25, 0.3) is 0 Å². The number of benzene rings is 5. The SMILES string of the molecule is CC1(C)c2[c-]c(ccc2)Oc2[c-]c(ccc2)C(C)(C)N2[C]3=[Pt]=[C]4N(CN3c3c(-c5ccccc5)cccc32)c2ccccc2N41. The van der Waals surface area contributed by atoms with Gasteiger partial charge in [0, 0.05) is 0 Å². The van der Waals surface area contributed by atoms with Crippen LogP contribution in [-0.4, -0.2) is 15.0 Å².